The number of carbonyl (C=O) groups excluding carboxylic acids is 1. The standard InChI is InChI=1S/C10H16N2O4S2/c1-16-6-2-3-9(13)12-7-8-4-5-10(17-8)18(11,14)15/h4-5H,2-3,6-7H2,1H3,(H,12,13)(H2,11,14,15). The summed E-state index contributed by atoms with van der Waals surface area (Å²) in [5.41, 5.74) is 0. The van der Waals surface area contributed by atoms with Gasteiger partial charge in [0, 0.05) is 25.0 Å². The minimum Gasteiger partial charge on any atom is -0.385 e. The quantitative estimate of drug-likeness (QED) is 0.712. The van der Waals surface area contributed by atoms with Gasteiger partial charge in [0.05, 0.1) is 6.54 Å². The number of thiophene rings is 1. The van der Waals surface area contributed by atoms with Crippen LogP contribution in [0.15, 0.2) is 16.3 Å². The summed E-state index contributed by atoms with van der Waals surface area (Å²) in [6, 6.07) is 3.08. The minimum absolute atomic E-state index is 0.0856. The third kappa shape index (κ3) is 5.13. The Kier molecular flexibility index (Phi) is 5.73. The van der Waals surface area contributed by atoms with Gasteiger partial charge in [0.2, 0.25) is 15.9 Å². The lowest BCUT2D eigenvalue weighted by atomic mass is 10.3. The SMILES string of the molecule is COCCCC(=O)NCc1ccc(S(N)(=O)=O)s1. The molecular formula is C10H16N2O4S2. The molecule has 0 aliphatic rings. The molecule has 0 aliphatic heterocycles. The van der Waals surface area contributed by atoms with Crippen LogP contribution in [-0.4, -0.2) is 28.0 Å². The first-order chi connectivity index (χ1) is 8.43. The van der Waals surface area contributed by atoms with Gasteiger partial charge in [0.1, 0.15) is 4.21 Å². The van der Waals surface area contributed by atoms with Crippen molar-refractivity contribution in [2.24, 2.45) is 5.14 Å². The number of hydrogen-bond acceptors (Lipinski definition) is 5. The molecule has 1 amide bonds. The number of primary sulfonamides is 1. The molecule has 0 bridgehead atoms. The zero-order chi connectivity index (χ0) is 13.6. The Hall–Kier alpha value is -0.960. The summed E-state index contributed by atoms with van der Waals surface area (Å²) in [6.45, 7) is 0.855. The van der Waals surface area contributed by atoms with Gasteiger partial charge < -0.3 is 10.1 Å². The van der Waals surface area contributed by atoms with Crippen LogP contribution in [0.25, 0.3) is 0 Å². The second-order valence-corrected chi connectivity index (χ2v) is 6.60. The minimum atomic E-state index is -3.65. The van der Waals surface area contributed by atoms with E-state index in [1.165, 1.54) is 6.07 Å². The average Bonchev–Trinajstić information content (AvgIpc) is 2.75. The zero-order valence-corrected chi connectivity index (χ0v) is 11.6. The number of amides is 1. The molecule has 0 spiro atoms. The van der Waals surface area contributed by atoms with Crippen molar-refractivity contribution in [3.8, 4) is 0 Å². The lowest BCUT2D eigenvalue weighted by Gasteiger charge is -2.02. The highest BCUT2D eigenvalue weighted by Crippen LogP contribution is 2.19. The van der Waals surface area contributed by atoms with Crippen LogP contribution in [0.3, 0.4) is 0 Å². The smallest absolute Gasteiger partial charge is 0.247 e. The van der Waals surface area contributed by atoms with E-state index in [1.54, 1.807) is 13.2 Å². The van der Waals surface area contributed by atoms with Crippen molar-refractivity contribution >= 4 is 27.3 Å². The van der Waals surface area contributed by atoms with Crippen LogP contribution in [0.5, 0.6) is 0 Å². The first-order valence-corrected chi connectivity index (χ1v) is 7.67. The fourth-order valence-corrected chi connectivity index (χ4v) is 2.98. The summed E-state index contributed by atoms with van der Waals surface area (Å²) in [7, 11) is -2.07. The topological polar surface area (TPSA) is 98.5 Å². The van der Waals surface area contributed by atoms with Crippen molar-refractivity contribution in [1.82, 2.24) is 5.32 Å². The number of rotatable bonds is 7. The maximum atomic E-state index is 11.4. The largest absolute Gasteiger partial charge is 0.385 e. The van der Waals surface area contributed by atoms with Gasteiger partial charge >= 0.3 is 0 Å². The van der Waals surface area contributed by atoms with E-state index in [1.807, 2.05) is 0 Å². The molecule has 102 valence electrons. The third-order valence-corrected chi connectivity index (χ3v) is 4.65. The Morgan fingerprint density at radius 2 is 2.22 bits per heavy atom. The van der Waals surface area contributed by atoms with Crippen LogP contribution in [0.2, 0.25) is 0 Å². The molecule has 0 fully saturated rings. The summed E-state index contributed by atoms with van der Waals surface area (Å²) in [4.78, 5) is 12.1. The van der Waals surface area contributed by atoms with Gasteiger partial charge in [-0.1, -0.05) is 0 Å². The molecule has 18 heavy (non-hydrogen) atoms. The Morgan fingerprint density at radius 3 is 2.78 bits per heavy atom. The van der Waals surface area contributed by atoms with Gasteiger partial charge in [-0.05, 0) is 18.6 Å². The molecule has 0 aromatic carbocycles. The fraction of sp³-hybridized carbons (Fsp3) is 0.500. The van der Waals surface area contributed by atoms with Crippen LogP contribution < -0.4 is 10.5 Å². The second-order valence-electron chi connectivity index (χ2n) is 3.64. The van der Waals surface area contributed by atoms with Crippen molar-refractivity contribution in [2.45, 2.75) is 23.6 Å². The van der Waals surface area contributed by atoms with Crippen LogP contribution in [0, 0.1) is 0 Å². The van der Waals surface area contributed by atoms with E-state index in [4.69, 9.17) is 9.88 Å². The number of ether oxygens (including phenoxy) is 1. The molecule has 0 saturated carbocycles. The number of sulfonamides is 1. The summed E-state index contributed by atoms with van der Waals surface area (Å²) in [6.07, 6.45) is 1.05. The van der Waals surface area contributed by atoms with E-state index in [0.29, 0.717) is 26.0 Å². The van der Waals surface area contributed by atoms with Gasteiger partial charge in [0.15, 0.2) is 0 Å². The molecule has 0 saturated heterocycles. The number of nitrogens with two attached hydrogens (primary N) is 1. The predicted molar refractivity (Wildman–Crippen MR) is 68.6 cm³/mol. The van der Waals surface area contributed by atoms with Gasteiger partial charge in [-0.25, -0.2) is 13.6 Å². The molecule has 0 atom stereocenters. The number of nitrogens with one attached hydrogen (secondary N) is 1. The van der Waals surface area contributed by atoms with Gasteiger partial charge in [-0.15, -0.1) is 11.3 Å². The molecule has 0 aliphatic carbocycles. The number of methoxy groups -OCH3 is 1. The molecule has 1 heterocycles. The first kappa shape index (κ1) is 15.1. The zero-order valence-electron chi connectivity index (χ0n) is 10.0. The van der Waals surface area contributed by atoms with Gasteiger partial charge in [0.25, 0.3) is 0 Å². The Bertz CT molecular complexity index is 496. The summed E-state index contributed by atoms with van der Waals surface area (Å²) < 4.78 is 27.0. The molecule has 6 nitrogen and oxygen atoms in total. The summed E-state index contributed by atoms with van der Waals surface area (Å²) in [5.74, 6) is -0.0856. The maximum Gasteiger partial charge on any atom is 0.247 e. The highest BCUT2D eigenvalue weighted by Gasteiger charge is 2.11. The van der Waals surface area contributed by atoms with Gasteiger partial charge in [-0.3, -0.25) is 4.79 Å². The van der Waals surface area contributed by atoms with Crippen molar-refractivity contribution in [2.75, 3.05) is 13.7 Å². The molecule has 0 radical (unpaired) electrons. The monoisotopic (exact) mass is 292 g/mol. The highest BCUT2D eigenvalue weighted by atomic mass is 32.2. The lowest BCUT2D eigenvalue weighted by Crippen LogP contribution is -2.22. The van der Waals surface area contributed by atoms with Gasteiger partial charge in [-0.2, -0.15) is 0 Å². The lowest BCUT2D eigenvalue weighted by molar-refractivity contribution is -0.121. The third-order valence-electron chi connectivity index (χ3n) is 2.13. The van der Waals surface area contributed by atoms with Crippen LogP contribution >= 0.6 is 11.3 Å². The van der Waals surface area contributed by atoms with Crippen LogP contribution in [0.1, 0.15) is 17.7 Å². The van der Waals surface area contributed by atoms with E-state index >= 15 is 0 Å². The van der Waals surface area contributed by atoms with E-state index in [0.717, 1.165) is 16.2 Å². The van der Waals surface area contributed by atoms with E-state index < -0.39 is 10.0 Å². The molecule has 1 rings (SSSR count). The summed E-state index contributed by atoms with van der Waals surface area (Å²) in [5, 5.41) is 7.69. The molecule has 3 N–H and O–H groups in total. The number of hydrogen-bond donors (Lipinski definition) is 2. The van der Waals surface area contributed by atoms with Crippen molar-refractivity contribution in [3.05, 3.63) is 17.0 Å². The van der Waals surface area contributed by atoms with Crippen LogP contribution in [0.4, 0.5) is 0 Å². The second kappa shape index (κ2) is 6.83. The van der Waals surface area contributed by atoms with E-state index in [9.17, 15) is 13.2 Å². The normalized spacial score (nSPS) is 11.4. The van der Waals surface area contributed by atoms with Crippen molar-refractivity contribution in [1.29, 1.82) is 0 Å². The maximum absolute atomic E-state index is 11.4. The highest BCUT2D eigenvalue weighted by molar-refractivity contribution is 7.91. The van der Waals surface area contributed by atoms with E-state index in [-0.39, 0.29) is 10.1 Å². The molecule has 8 heteroatoms. The van der Waals surface area contributed by atoms with Crippen molar-refractivity contribution in [3.63, 3.8) is 0 Å². The number of carbonyl (C=O) groups is 1. The fourth-order valence-electron chi connectivity index (χ4n) is 1.26. The Balaban J connectivity index is 2.40. The van der Waals surface area contributed by atoms with Crippen LogP contribution in [-0.2, 0) is 26.1 Å². The van der Waals surface area contributed by atoms with E-state index in [2.05, 4.69) is 5.32 Å². The Labute approximate surface area is 110 Å². The average molecular weight is 292 g/mol. The molecule has 1 aromatic rings. The molecule has 0 unspecified atom stereocenters. The first-order valence-electron chi connectivity index (χ1n) is 5.30. The predicted octanol–water partition coefficient (Wildman–Crippen LogP) is 0.438. The summed E-state index contributed by atoms with van der Waals surface area (Å²) >= 11 is 1.06. The molecular weight excluding hydrogens is 276 g/mol. The Morgan fingerprint density at radius 1 is 1.50 bits per heavy atom. The molecule has 1 aromatic heterocycles. The van der Waals surface area contributed by atoms with Crippen molar-refractivity contribution < 1.29 is 17.9 Å².